The van der Waals surface area contributed by atoms with Crippen molar-refractivity contribution in [1.82, 2.24) is 4.90 Å². The second-order valence-corrected chi connectivity index (χ2v) is 6.40. The van der Waals surface area contributed by atoms with E-state index in [2.05, 4.69) is 10.2 Å². The molecule has 1 atom stereocenters. The Kier molecular flexibility index (Phi) is 5.38. The summed E-state index contributed by atoms with van der Waals surface area (Å²) in [5.41, 5.74) is 1.97. The highest BCUT2D eigenvalue weighted by molar-refractivity contribution is 6.30. The zero-order valence-electron chi connectivity index (χ0n) is 13.7. The SMILES string of the molecule is COc1cccc(NC(=O)CN2CCC[C@H]2c2ccc(Cl)cc2)c1. The molecule has 2 aromatic carbocycles. The van der Waals surface area contributed by atoms with E-state index in [1.807, 2.05) is 48.5 Å². The van der Waals surface area contributed by atoms with Crippen molar-refractivity contribution in [3.63, 3.8) is 0 Å². The summed E-state index contributed by atoms with van der Waals surface area (Å²) in [5.74, 6) is 0.720. The standard InChI is InChI=1S/C19H21ClN2O2/c1-24-17-5-2-4-16(12-17)21-19(23)13-22-11-3-6-18(22)14-7-9-15(20)10-8-14/h2,4-5,7-10,12,18H,3,6,11,13H2,1H3,(H,21,23)/t18-/m0/s1. The van der Waals surface area contributed by atoms with Crippen LogP contribution in [0.15, 0.2) is 48.5 Å². The molecule has 5 heteroatoms. The topological polar surface area (TPSA) is 41.6 Å². The van der Waals surface area contributed by atoms with Crippen LogP contribution in [0.5, 0.6) is 5.75 Å². The quantitative estimate of drug-likeness (QED) is 0.887. The zero-order chi connectivity index (χ0) is 16.9. The van der Waals surface area contributed by atoms with Gasteiger partial charge in [-0.3, -0.25) is 9.69 Å². The number of ether oxygens (including phenoxy) is 1. The number of carbonyl (C=O) groups is 1. The molecule has 0 aliphatic carbocycles. The van der Waals surface area contributed by atoms with Crippen LogP contribution in [0.4, 0.5) is 5.69 Å². The van der Waals surface area contributed by atoms with Gasteiger partial charge >= 0.3 is 0 Å². The van der Waals surface area contributed by atoms with Crippen LogP contribution in [0.25, 0.3) is 0 Å². The van der Waals surface area contributed by atoms with Crippen molar-refractivity contribution in [2.24, 2.45) is 0 Å². The van der Waals surface area contributed by atoms with Gasteiger partial charge in [0.25, 0.3) is 0 Å². The second-order valence-electron chi connectivity index (χ2n) is 5.96. The monoisotopic (exact) mass is 344 g/mol. The molecule has 1 heterocycles. The van der Waals surface area contributed by atoms with Gasteiger partial charge in [0.1, 0.15) is 5.75 Å². The molecule has 1 saturated heterocycles. The second kappa shape index (κ2) is 7.69. The van der Waals surface area contributed by atoms with Gasteiger partial charge in [-0.1, -0.05) is 29.8 Å². The maximum absolute atomic E-state index is 12.4. The summed E-state index contributed by atoms with van der Waals surface area (Å²) in [6.07, 6.45) is 2.16. The highest BCUT2D eigenvalue weighted by Crippen LogP contribution is 2.32. The normalized spacial score (nSPS) is 17.7. The van der Waals surface area contributed by atoms with Gasteiger partial charge in [-0.15, -0.1) is 0 Å². The Bertz CT molecular complexity index is 703. The summed E-state index contributed by atoms with van der Waals surface area (Å²) in [6.45, 7) is 1.31. The first-order valence-electron chi connectivity index (χ1n) is 8.09. The lowest BCUT2D eigenvalue weighted by Crippen LogP contribution is -2.32. The predicted octanol–water partition coefficient (Wildman–Crippen LogP) is 4.12. The molecule has 126 valence electrons. The number of nitrogens with one attached hydrogen (secondary N) is 1. The fraction of sp³-hybridized carbons (Fsp3) is 0.316. The maximum Gasteiger partial charge on any atom is 0.238 e. The molecule has 1 N–H and O–H groups in total. The maximum atomic E-state index is 12.4. The predicted molar refractivity (Wildman–Crippen MR) is 96.6 cm³/mol. The smallest absolute Gasteiger partial charge is 0.238 e. The molecule has 0 spiro atoms. The van der Waals surface area contributed by atoms with Crippen LogP contribution in [0.2, 0.25) is 5.02 Å². The summed E-state index contributed by atoms with van der Waals surface area (Å²) in [4.78, 5) is 14.6. The van der Waals surface area contributed by atoms with Crippen molar-refractivity contribution in [1.29, 1.82) is 0 Å². The summed E-state index contributed by atoms with van der Waals surface area (Å²) >= 11 is 5.97. The highest BCUT2D eigenvalue weighted by atomic mass is 35.5. The van der Waals surface area contributed by atoms with Gasteiger partial charge in [-0.25, -0.2) is 0 Å². The van der Waals surface area contributed by atoms with Gasteiger partial charge < -0.3 is 10.1 Å². The van der Waals surface area contributed by atoms with E-state index in [0.717, 1.165) is 35.8 Å². The third kappa shape index (κ3) is 4.08. The van der Waals surface area contributed by atoms with Crippen LogP contribution in [-0.2, 0) is 4.79 Å². The first-order chi connectivity index (χ1) is 11.7. The third-order valence-electron chi connectivity index (χ3n) is 4.32. The molecule has 0 radical (unpaired) electrons. The molecule has 0 aromatic heterocycles. The van der Waals surface area contributed by atoms with Gasteiger partial charge in [-0.05, 0) is 49.2 Å². The van der Waals surface area contributed by atoms with Crippen LogP contribution >= 0.6 is 11.6 Å². The minimum atomic E-state index is -0.0101. The van der Waals surface area contributed by atoms with E-state index in [4.69, 9.17) is 16.3 Å². The number of anilines is 1. The number of methoxy groups -OCH3 is 1. The van der Waals surface area contributed by atoms with Crippen LogP contribution in [0.3, 0.4) is 0 Å². The molecule has 1 amide bonds. The number of carbonyl (C=O) groups excluding carboxylic acids is 1. The molecule has 4 nitrogen and oxygen atoms in total. The molecule has 24 heavy (non-hydrogen) atoms. The van der Waals surface area contributed by atoms with Gasteiger partial charge in [0.15, 0.2) is 0 Å². The Morgan fingerprint density at radius 2 is 2.08 bits per heavy atom. The number of likely N-dealkylation sites (tertiary alicyclic amines) is 1. The largest absolute Gasteiger partial charge is 0.497 e. The fourth-order valence-corrected chi connectivity index (χ4v) is 3.29. The number of nitrogens with zero attached hydrogens (tertiary/aromatic N) is 1. The molecule has 1 aliphatic heterocycles. The molecule has 3 rings (SSSR count). The van der Waals surface area contributed by atoms with E-state index in [9.17, 15) is 4.79 Å². The lowest BCUT2D eigenvalue weighted by atomic mass is 10.0. The first-order valence-corrected chi connectivity index (χ1v) is 8.47. The molecular formula is C19H21ClN2O2. The summed E-state index contributed by atoms with van der Waals surface area (Å²) in [6, 6.07) is 15.6. The van der Waals surface area contributed by atoms with Gasteiger partial charge in [0.2, 0.25) is 5.91 Å². The lowest BCUT2D eigenvalue weighted by Gasteiger charge is -2.24. The number of rotatable bonds is 5. The molecular weight excluding hydrogens is 324 g/mol. The van der Waals surface area contributed by atoms with E-state index < -0.39 is 0 Å². The van der Waals surface area contributed by atoms with Crippen LogP contribution in [0.1, 0.15) is 24.4 Å². The van der Waals surface area contributed by atoms with E-state index in [1.165, 1.54) is 5.56 Å². The molecule has 0 bridgehead atoms. The average Bonchev–Trinajstić information content (AvgIpc) is 3.03. The minimum absolute atomic E-state index is 0.0101. The Morgan fingerprint density at radius 1 is 1.29 bits per heavy atom. The van der Waals surface area contributed by atoms with Crippen molar-refractivity contribution >= 4 is 23.2 Å². The van der Waals surface area contributed by atoms with Crippen molar-refractivity contribution < 1.29 is 9.53 Å². The number of hydrogen-bond acceptors (Lipinski definition) is 3. The summed E-state index contributed by atoms with van der Waals surface area (Å²) in [5, 5.41) is 3.68. The molecule has 1 fully saturated rings. The third-order valence-corrected chi connectivity index (χ3v) is 4.57. The first kappa shape index (κ1) is 16.8. The van der Waals surface area contributed by atoms with Gasteiger partial charge in [-0.2, -0.15) is 0 Å². The molecule has 0 unspecified atom stereocenters. The summed E-state index contributed by atoms with van der Waals surface area (Å²) < 4.78 is 5.18. The molecule has 2 aromatic rings. The minimum Gasteiger partial charge on any atom is -0.497 e. The lowest BCUT2D eigenvalue weighted by molar-refractivity contribution is -0.117. The van der Waals surface area contributed by atoms with Crippen LogP contribution in [0, 0.1) is 0 Å². The number of halogens is 1. The van der Waals surface area contributed by atoms with Crippen LogP contribution in [-0.4, -0.2) is 31.0 Å². The van der Waals surface area contributed by atoms with E-state index in [1.54, 1.807) is 7.11 Å². The Hall–Kier alpha value is -2.04. The van der Waals surface area contributed by atoms with Crippen molar-refractivity contribution in [3.05, 3.63) is 59.1 Å². The number of hydrogen-bond donors (Lipinski definition) is 1. The van der Waals surface area contributed by atoms with Crippen molar-refractivity contribution in [2.45, 2.75) is 18.9 Å². The average molecular weight is 345 g/mol. The Morgan fingerprint density at radius 3 is 2.83 bits per heavy atom. The number of benzene rings is 2. The summed E-state index contributed by atoms with van der Waals surface area (Å²) in [7, 11) is 1.61. The molecule has 1 aliphatic rings. The molecule has 0 saturated carbocycles. The fourth-order valence-electron chi connectivity index (χ4n) is 3.16. The van der Waals surface area contributed by atoms with E-state index in [0.29, 0.717) is 6.54 Å². The zero-order valence-corrected chi connectivity index (χ0v) is 14.4. The Balaban J connectivity index is 1.63. The van der Waals surface area contributed by atoms with Crippen molar-refractivity contribution in [3.8, 4) is 5.75 Å². The van der Waals surface area contributed by atoms with Crippen LogP contribution < -0.4 is 10.1 Å². The highest BCUT2D eigenvalue weighted by Gasteiger charge is 2.27. The number of amides is 1. The van der Waals surface area contributed by atoms with E-state index in [-0.39, 0.29) is 11.9 Å². The Labute approximate surface area is 147 Å². The van der Waals surface area contributed by atoms with E-state index >= 15 is 0 Å². The van der Waals surface area contributed by atoms with Gasteiger partial charge in [0, 0.05) is 22.8 Å². The van der Waals surface area contributed by atoms with Gasteiger partial charge in [0.05, 0.1) is 13.7 Å². The van der Waals surface area contributed by atoms with Crippen molar-refractivity contribution in [2.75, 3.05) is 25.5 Å².